The molecule has 0 aliphatic carbocycles. The topological polar surface area (TPSA) is 59.9 Å². The van der Waals surface area contributed by atoms with Gasteiger partial charge in [0.2, 0.25) is 0 Å². The lowest BCUT2D eigenvalue weighted by Crippen LogP contribution is -2.34. The lowest BCUT2D eigenvalue weighted by molar-refractivity contribution is -0.203. The van der Waals surface area contributed by atoms with Crippen LogP contribution in [0.15, 0.2) is 76.2 Å². The maximum absolute atomic E-state index is 12.7. The van der Waals surface area contributed by atoms with Gasteiger partial charge in [0.05, 0.1) is 7.11 Å². The van der Waals surface area contributed by atoms with E-state index >= 15 is 0 Å². The Balaban J connectivity index is 1.93. The van der Waals surface area contributed by atoms with Crippen LogP contribution >= 0.6 is 15.9 Å². The molecule has 0 saturated heterocycles. The van der Waals surface area contributed by atoms with Crippen molar-refractivity contribution in [3.8, 4) is 5.75 Å². The average Bonchev–Trinajstić information content (AvgIpc) is 3.12. The van der Waals surface area contributed by atoms with Crippen LogP contribution in [0.1, 0.15) is 27.8 Å². The molecule has 0 fully saturated rings. The molecule has 0 amide bonds. The molecule has 1 atom stereocenters. The first-order chi connectivity index (χ1) is 15.7. The van der Waals surface area contributed by atoms with Crippen LogP contribution in [0.4, 0.5) is 13.2 Å². The van der Waals surface area contributed by atoms with Gasteiger partial charge in [-0.25, -0.2) is 9.79 Å². The summed E-state index contributed by atoms with van der Waals surface area (Å²) in [6, 6.07) is 20.2. The Labute approximate surface area is 196 Å². The molecule has 4 rings (SSSR count). The van der Waals surface area contributed by atoms with Crippen LogP contribution in [0.3, 0.4) is 0 Å². The molecule has 33 heavy (non-hydrogen) atoms. The second-order valence-corrected chi connectivity index (χ2v) is 8.32. The van der Waals surface area contributed by atoms with E-state index in [0.717, 1.165) is 26.7 Å². The number of amidine groups is 1. The van der Waals surface area contributed by atoms with Crippen LogP contribution in [0, 0.1) is 6.92 Å². The van der Waals surface area contributed by atoms with Gasteiger partial charge in [-0.2, -0.15) is 18.7 Å². The van der Waals surface area contributed by atoms with Gasteiger partial charge in [0, 0.05) is 10.0 Å². The van der Waals surface area contributed by atoms with Crippen molar-refractivity contribution in [1.29, 1.82) is 0 Å². The lowest BCUT2D eigenvalue weighted by atomic mass is 9.77. The number of nitrogens with zero attached hydrogens (tertiary/aromatic N) is 1. The second kappa shape index (κ2) is 8.55. The molecule has 1 aliphatic heterocycles. The van der Waals surface area contributed by atoms with E-state index in [1.54, 1.807) is 19.2 Å². The summed E-state index contributed by atoms with van der Waals surface area (Å²) < 4.78 is 44.3. The molecular formula is C24H18BrF3N2O3. The molecule has 0 radical (unpaired) electrons. The highest BCUT2D eigenvalue weighted by Crippen LogP contribution is 2.47. The fraction of sp³-hybridized carbons (Fsp3) is 0.167. The van der Waals surface area contributed by atoms with Gasteiger partial charge in [0.25, 0.3) is 0 Å². The molecule has 0 saturated carbocycles. The Morgan fingerprint density at radius 1 is 1.03 bits per heavy atom. The molecular weight excluding hydrogens is 501 g/mol. The zero-order valence-corrected chi connectivity index (χ0v) is 19.1. The van der Waals surface area contributed by atoms with Crippen molar-refractivity contribution in [3.63, 3.8) is 0 Å². The third-order valence-electron chi connectivity index (χ3n) is 5.38. The number of aliphatic imine (C=N–C) groups is 1. The average molecular weight is 519 g/mol. The molecule has 0 spiro atoms. The standard InChI is InChI=1S/C24H18BrF3N2O3/c1-14-12-16(10-11-20(14)32-2)23(15-6-5-7-17(25)13-15)19-9-4-3-8-18(19)21(29-23)30-33-22(31)24(26,27)28/h3-13H,1-2H3,(H,29,30). The molecule has 0 bridgehead atoms. The highest BCUT2D eigenvalue weighted by atomic mass is 79.9. The number of methoxy groups -OCH3 is 1. The Morgan fingerprint density at radius 3 is 2.42 bits per heavy atom. The largest absolute Gasteiger partial charge is 0.496 e. The molecule has 3 aromatic carbocycles. The SMILES string of the molecule is COc1ccc(C2(c3cccc(Br)c3)N=C(NOC(=O)C(F)(F)F)c3ccccc32)cc1C. The minimum Gasteiger partial charge on any atom is -0.496 e. The number of carbonyl (C=O) groups is 1. The van der Waals surface area contributed by atoms with Crippen molar-refractivity contribution >= 4 is 27.7 Å². The summed E-state index contributed by atoms with van der Waals surface area (Å²) in [6.07, 6.45) is -5.14. The third-order valence-corrected chi connectivity index (χ3v) is 5.87. The summed E-state index contributed by atoms with van der Waals surface area (Å²) in [5.41, 5.74) is 4.67. The Hall–Kier alpha value is -3.33. The number of hydrogen-bond donors (Lipinski definition) is 1. The molecule has 1 N–H and O–H groups in total. The fourth-order valence-corrected chi connectivity index (χ4v) is 4.35. The highest BCUT2D eigenvalue weighted by Gasteiger charge is 2.45. The normalized spacial score (nSPS) is 17.2. The Kier molecular flexibility index (Phi) is 5.92. The monoisotopic (exact) mass is 518 g/mol. The van der Waals surface area contributed by atoms with Crippen LogP contribution in [0.5, 0.6) is 5.75 Å². The maximum atomic E-state index is 12.7. The summed E-state index contributed by atoms with van der Waals surface area (Å²) in [6.45, 7) is 1.89. The molecule has 1 unspecified atom stereocenters. The number of fused-ring (bicyclic) bond motifs is 1. The van der Waals surface area contributed by atoms with Gasteiger partial charge in [0.15, 0.2) is 5.84 Å². The van der Waals surface area contributed by atoms with Gasteiger partial charge in [0.1, 0.15) is 11.3 Å². The summed E-state index contributed by atoms with van der Waals surface area (Å²) in [5, 5.41) is 0. The number of benzene rings is 3. The number of carbonyl (C=O) groups excluding carboxylic acids is 1. The molecule has 3 aromatic rings. The number of alkyl halides is 3. The van der Waals surface area contributed by atoms with Crippen molar-refractivity contribution in [1.82, 2.24) is 5.48 Å². The number of hydrogen-bond acceptors (Lipinski definition) is 5. The number of halogens is 4. The molecule has 170 valence electrons. The fourth-order valence-electron chi connectivity index (χ4n) is 3.95. The van der Waals surface area contributed by atoms with Gasteiger partial charge in [-0.1, -0.05) is 58.4 Å². The first-order valence-electron chi connectivity index (χ1n) is 9.81. The minimum absolute atomic E-state index is 0.0108. The van der Waals surface area contributed by atoms with Crippen molar-refractivity contribution in [2.75, 3.05) is 7.11 Å². The predicted octanol–water partition coefficient (Wildman–Crippen LogP) is 5.43. The number of aryl methyl sites for hydroxylation is 1. The number of rotatable bonds is 3. The van der Waals surface area contributed by atoms with Crippen LogP contribution < -0.4 is 10.2 Å². The minimum atomic E-state index is -5.14. The number of hydroxylamine groups is 1. The van der Waals surface area contributed by atoms with Gasteiger partial charge in [-0.3, -0.25) is 0 Å². The maximum Gasteiger partial charge on any atom is 0.493 e. The quantitative estimate of drug-likeness (QED) is 0.469. The van der Waals surface area contributed by atoms with E-state index in [1.165, 1.54) is 0 Å². The summed E-state index contributed by atoms with van der Waals surface area (Å²) >= 11 is 3.49. The van der Waals surface area contributed by atoms with E-state index in [4.69, 9.17) is 9.73 Å². The Morgan fingerprint density at radius 2 is 1.76 bits per heavy atom. The molecule has 9 heteroatoms. The summed E-state index contributed by atoms with van der Waals surface area (Å²) in [7, 11) is 1.58. The Bertz CT molecular complexity index is 1260. The molecule has 0 aromatic heterocycles. The first kappa shape index (κ1) is 22.8. The number of nitrogens with one attached hydrogen (secondary N) is 1. The van der Waals surface area contributed by atoms with Gasteiger partial charge in [-0.15, -0.1) is 0 Å². The van der Waals surface area contributed by atoms with E-state index in [2.05, 4.69) is 26.2 Å². The zero-order valence-electron chi connectivity index (χ0n) is 17.5. The summed E-state index contributed by atoms with van der Waals surface area (Å²) in [5.74, 6) is -1.66. The predicted molar refractivity (Wildman–Crippen MR) is 120 cm³/mol. The van der Waals surface area contributed by atoms with Crippen molar-refractivity contribution < 1.29 is 27.5 Å². The zero-order chi connectivity index (χ0) is 23.8. The number of ether oxygens (including phenoxy) is 1. The van der Waals surface area contributed by atoms with Crippen molar-refractivity contribution in [2.24, 2.45) is 4.99 Å². The highest BCUT2D eigenvalue weighted by molar-refractivity contribution is 9.10. The summed E-state index contributed by atoms with van der Waals surface area (Å²) in [4.78, 5) is 20.5. The van der Waals surface area contributed by atoms with Gasteiger partial charge >= 0.3 is 12.1 Å². The van der Waals surface area contributed by atoms with E-state index in [-0.39, 0.29) is 5.84 Å². The van der Waals surface area contributed by atoms with Gasteiger partial charge < -0.3 is 9.57 Å². The molecule has 1 aliphatic rings. The van der Waals surface area contributed by atoms with Crippen LogP contribution in [0.25, 0.3) is 0 Å². The van der Waals surface area contributed by atoms with Crippen LogP contribution in [0.2, 0.25) is 0 Å². The van der Waals surface area contributed by atoms with Crippen molar-refractivity contribution in [2.45, 2.75) is 18.6 Å². The van der Waals surface area contributed by atoms with Gasteiger partial charge in [-0.05, 0) is 53.4 Å². The van der Waals surface area contributed by atoms with E-state index in [0.29, 0.717) is 11.3 Å². The van der Waals surface area contributed by atoms with E-state index in [1.807, 2.05) is 61.5 Å². The third kappa shape index (κ3) is 4.08. The lowest BCUT2D eigenvalue weighted by Gasteiger charge is -2.30. The van der Waals surface area contributed by atoms with E-state index < -0.39 is 17.7 Å². The molecule has 5 nitrogen and oxygen atoms in total. The van der Waals surface area contributed by atoms with Crippen LogP contribution in [-0.2, 0) is 15.2 Å². The first-order valence-corrected chi connectivity index (χ1v) is 10.6. The van der Waals surface area contributed by atoms with Crippen LogP contribution in [-0.4, -0.2) is 25.1 Å². The second-order valence-electron chi connectivity index (χ2n) is 7.40. The smallest absolute Gasteiger partial charge is 0.493 e. The van der Waals surface area contributed by atoms with E-state index in [9.17, 15) is 18.0 Å². The molecule has 1 heterocycles. The van der Waals surface area contributed by atoms with Crippen molar-refractivity contribution in [3.05, 3.63) is 99.0 Å².